The van der Waals surface area contributed by atoms with Gasteiger partial charge in [0.1, 0.15) is 11.3 Å². The van der Waals surface area contributed by atoms with E-state index in [-0.39, 0.29) is 5.75 Å². The van der Waals surface area contributed by atoms with Crippen molar-refractivity contribution in [1.82, 2.24) is 9.97 Å². The van der Waals surface area contributed by atoms with E-state index in [9.17, 15) is 5.11 Å². The van der Waals surface area contributed by atoms with Crippen molar-refractivity contribution in [2.24, 2.45) is 0 Å². The maximum absolute atomic E-state index is 9.80. The Hall–Kier alpha value is -2.16. The fourth-order valence-electron chi connectivity index (χ4n) is 1.76. The normalized spacial score (nSPS) is 10.9. The third-order valence-corrected chi connectivity index (χ3v) is 2.44. The van der Waals surface area contributed by atoms with Gasteiger partial charge in [-0.2, -0.15) is 0 Å². The predicted molar refractivity (Wildman–Crippen MR) is 58.7 cm³/mol. The molecule has 3 aromatic rings. The second kappa shape index (κ2) is 2.92. The third-order valence-electron chi connectivity index (χ3n) is 2.44. The Morgan fingerprint density at radius 1 is 0.933 bits per heavy atom. The Morgan fingerprint density at radius 2 is 1.67 bits per heavy atom. The van der Waals surface area contributed by atoms with Crippen molar-refractivity contribution < 1.29 is 5.11 Å². The molecular formula is C12H8N2O. The van der Waals surface area contributed by atoms with Gasteiger partial charge in [-0.05, 0) is 24.3 Å². The van der Waals surface area contributed by atoms with E-state index in [0.717, 1.165) is 21.8 Å². The van der Waals surface area contributed by atoms with E-state index in [1.807, 2.05) is 18.2 Å². The van der Waals surface area contributed by atoms with Crippen molar-refractivity contribution in [1.29, 1.82) is 0 Å². The van der Waals surface area contributed by atoms with Gasteiger partial charge in [0, 0.05) is 23.2 Å². The van der Waals surface area contributed by atoms with Crippen LogP contribution in [-0.4, -0.2) is 15.1 Å². The molecule has 0 aliphatic heterocycles. The highest BCUT2D eigenvalue weighted by Crippen LogP contribution is 2.29. The van der Waals surface area contributed by atoms with E-state index in [4.69, 9.17) is 0 Å². The largest absolute Gasteiger partial charge is 0.507 e. The average molecular weight is 196 g/mol. The number of hydrogen-bond acceptors (Lipinski definition) is 3. The minimum absolute atomic E-state index is 0.249. The first-order valence-corrected chi connectivity index (χ1v) is 4.68. The summed E-state index contributed by atoms with van der Waals surface area (Å²) in [7, 11) is 0. The lowest BCUT2D eigenvalue weighted by atomic mass is 10.1. The summed E-state index contributed by atoms with van der Waals surface area (Å²) in [6.45, 7) is 0. The van der Waals surface area contributed by atoms with Gasteiger partial charge in [-0.15, -0.1) is 0 Å². The lowest BCUT2D eigenvalue weighted by Gasteiger charge is -2.03. The van der Waals surface area contributed by atoms with E-state index in [0.29, 0.717) is 0 Å². The second-order valence-corrected chi connectivity index (χ2v) is 3.37. The molecule has 0 bridgehead atoms. The van der Waals surface area contributed by atoms with Crippen LogP contribution >= 0.6 is 0 Å². The molecular weight excluding hydrogens is 188 g/mol. The Bertz CT molecular complexity index is 649. The van der Waals surface area contributed by atoms with Gasteiger partial charge in [0.05, 0.1) is 5.52 Å². The Balaban J connectivity index is 2.64. The van der Waals surface area contributed by atoms with Gasteiger partial charge in [-0.3, -0.25) is 9.97 Å². The first kappa shape index (κ1) is 8.17. The standard InChI is InChI=1S/C12H8N2O/c15-10-7-8-3-1-5-13-11(8)12-9(10)4-2-6-14-12/h1-7,15H. The monoisotopic (exact) mass is 196 g/mol. The van der Waals surface area contributed by atoms with Gasteiger partial charge in [-0.25, -0.2) is 0 Å². The number of hydrogen-bond donors (Lipinski definition) is 1. The summed E-state index contributed by atoms with van der Waals surface area (Å²) in [4.78, 5) is 8.52. The molecule has 1 N–H and O–H groups in total. The summed E-state index contributed by atoms with van der Waals surface area (Å²) in [6.07, 6.45) is 3.43. The molecule has 0 radical (unpaired) electrons. The Labute approximate surface area is 86.0 Å². The molecule has 0 amide bonds. The van der Waals surface area contributed by atoms with Crippen LogP contribution in [0.15, 0.2) is 42.7 Å². The first-order valence-electron chi connectivity index (χ1n) is 4.68. The molecule has 72 valence electrons. The van der Waals surface area contributed by atoms with Crippen molar-refractivity contribution in [2.75, 3.05) is 0 Å². The summed E-state index contributed by atoms with van der Waals surface area (Å²) in [6, 6.07) is 9.11. The van der Waals surface area contributed by atoms with Gasteiger partial charge in [0.2, 0.25) is 0 Å². The molecule has 0 saturated carbocycles. The number of fused-ring (bicyclic) bond motifs is 3. The number of pyridine rings is 2. The molecule has 15 heavy (non-hydrogen) atoms. The zero-order valence-corrected chi connectivity index (χ0v) is 7.88. The van der Waals surface area contributed by atoms with Crippen LogP contribution in [0.4, 0.5) is 0 Å². The molecule has 0 fully saturated rings. The third kappa shape index (κ3) is 1.13. The fraction of sp³-hybridized carbons (Fsp3) is 0. The Kier molecular flexibility index (Phi) is 1.59. The highest BCUT2D eigenvalue weighted by Gasteiger charge is 2.06. The van der Waals surface area contributed by atoms with Crippen LogP contribution in [0, 0.1) is 0 Å². The van der Waals surface area contributed by atoms with E-state index in [2.05, 4.69) is 9.97 Å². The maximum atomic E-state index is 9.80. The molecule has 0 atom stereocenters. The van der Waals surface area contributed by atoms with Crippen LogP contribution < -0.4 is 0 Å². The Morgan fingerprint density at radius 3 is 2.53 bits per heavy atom. The number of benzene rings is 1. The van der Waals surface area contributed by atoms with Crippen LogP contribution in [0.25, 0.3) is 21.8 Å². The maximum Gasteiger partial charge on any atom is 0.125 e. The minimum Gasteiger partial charge on any atom is -0.507 e. The summed E-state index contributed by atoms with van der Waals surface area (Å²) in [5.74, 6) is 0.249. The van der Waals surface area contributed by atoms with Crippen LogP contribution in [-0.2, 0) is 0 Å². The zero-order valence-electron chi connectivity index (χ0n) is 7.88. The van der Waals surface area contributed by atoms with Crippen LogP contribution in [0.3, 0.4) is 0 Å². The highest BCUT2D eigenvalue weighted by molar-refractivity contribution is 6.05. The quantitative estimate of drug-likeness (QED) is 0.562. The minimum atomic E-state index is 0.249. The first-order chi connectivity index (χ1) is 7.36. The number of phenolic OH excluding ortho intramolecular Hbond substituents is 1. The number of aromatic hydroxyl groups is 1. The highest BCUT2D eigenvalue weighted by atomic mass is 16.3. The lowest BCUT2D eigenvalue weighted by molar-refractivity contribution is 0.482. The second-order valence-electron chi connectivity index (χ2n) is 3.37. The molecule has 0 aliphatic carbocycles. The van der Waals surface area contributed by atoms with Gasteiger partial charge in [0.25, 0.3) is 0 Å². The number of rotatable bonds is 0. The molecule has 3 rings (SSSR count). The summed E-state index contributed by atoms with van der Waals surface area (Å²) < 4.78 is 0. The summed E-state index contributed by atoms with van der Waals surface area (Å²) >= 11 is 0. The van der Waals surface area contributed by atoms with Crippen molar-refractivity contribution >= 4 is 21.8 Å². The topological polar surface area (TPSA) is 46.0 Å². The zero-order chi connectivity index (χ0) is 10.3. The van der Waals surface area contributed by atoms with Gasteiger partial charge in [0.15, 0.2) is 0 Å². The van der Waals surface area contributed by atoms with E-state index >= 15 is 0 Å². The van der Waals surface area contributed by atoms with Gasteiger partial charge >= 0.3 is 0 Å². The van der Waals surface area contributed by atoms with E-state index in [1.54, 1.807) is 24.5 Å². The SMILES string of the molecule is Oc1cc2cccnc2c2ncccc12. The molecule has 3 heteroatoms. The number of phenols is 1. The lowest BCUT2D eigenvalue weighted by Crippen LogP contribution is -1.84. The van der Waals surface area contributed by atoms with Crippen molar-refractivity contribution in [3.63, 3.8) is 0 Å². The molecule has 0 spiro atoms. The molecule has 0 aliphatic rings. The van der Waals surface area contributed by atoms with Gasteiger partial charge in [-0.1, -0.05) is 6.07 Å². The molecule has 0 unspecified atom stereocenters. The molecule has 2 heterocycles. The van der Waals surface area contributed by atoms with Crippen LogP contribution in [0.2, 0.25) is 0 Å². The fourth-order valence-corrected chi connectivity index (χ4v) is 1.76. The summed E-state index contributed by atoms with van der Waals surface area (Å²) in [5, 5.41) is 11.4. The van der Waals surface area contributed by atoms with Crippen molar-refractivity contribution in [2.45, 2.75) is 0 Å². The predicted octanol–water partition coefficient (Wildman–Crippen LogP) is 2.49. The van der Waals surface area contributed by atoms with Crippen LogP contribution in [0.1, 0.15) is 0 Å². The molecule has 2 aromatic heterocycles. The van der Waals surface area contributed by atoms with Gasteiger partial charge < -0.3 is 5.11 Å². The molecule has 3 nitrogen and oxygen atoms in total. The number of aromatic nitrogens is 2. The molecule has 0 saturated heterocycles. The van der Waals surface area contributed by atoms with E-state index in [1.165, 1.54) is 0 Å². The summed E-state index contributed by atoms with van der Waals surface area (Å²) in [5.41, 5.74) is 1.57. The van der Waals surface area contributed by atoms with Crippen molar-refractivity contribution in [3.05, 3.63) is 42.7 Å². The average Bonchev–Trinajstić information content (AvgIpc) is 2.30. The number of nitrogens with zero attached hydrogens (tertiary/aromatic N) is 2. The molecule has 1 aromatic carbocycles. The van der Waals surface area contributed by atoms with Crippen LogP contribution in [0.5, 0.6) is 5.75 Å². The smallest absolute Gasteiger partial charge is 0.125 e. The van der Waals surface area contributed by atoms with E-state index < -0.39 is 0 Å². The van der Waals surface area contributed by atoms with Crippen molar-refractivity contribution in [3.8, 4) is 5.75 Å².